The lowest BCUT2D eigenvalue weighted by Gasteiger charge is -2.35. The van der Waals surface area contributed by atoms with Crippen LogP contribution in [-0.4, -0.2) is 47.0 Å². The van der Waals surface area contributed by atoms with Gasteiger partial charge in [0.2, 0.25) is 5.91 Å². The Bertz CT molecular complexity index is 801. The van der Waals surface area contributed by atoms with E-state index in [-0.39, 0.29) is 23.0 Å². The average molecular weight is 388 g/mol. The van der Waals surface area contributed by atoms with Crippen LogP contribution in [0.15, 0.2) is 47.1 Å². The summed E-state index contributed by atoms with van der Waals surface area (Å²) in [7, 11) is 0. The van der Waals surface area contributed by atoms with Crippen molar-refractivity contribution in [2.75, 3.05) is 25.4 Å². The van der Waals surface area contributed by atoms with Crippen LogP contribution in [0.5, 0.6) is 0 Å². The van der Waals surface area contributed by atoms with Crippen molar-refractivity contribution in [2.45, 2.75) is 18.2 Å². The molecule has 3 heterocycles. The van der Waals surface area contributed by atoms with Crippen molar-refractivity contribution in [3.8, 4) is 0 Å². The van der Waals surface area contributed by atoms with Crippen LogP contribution in [0.3, 0.4) is 0 Å². The number of hydrogen-bond acceptors (Lipinski definition) is 4. The number of carbonyl (C=O) groups is 2. The normalized spacial score (nSPS) is 21.1. The summed E-state index contributed by atoms with van der Waals surface area (Å²) in [6.07, 6.45) is 3.22. The van der Waals surface area contributed by atoms with Gasteiger partial charge in [0.15, 0.2) is 5.76 Å². The maximum absolute atomic E-state index is 13.2. The summed E-state index contributed by atoms with van der Waals surface area (Å²) in [5, 5.41) is -0.0547. The van der Waals surface area contributed by atoms with Gasteiger partial charge >= 0.3 is 0 Å². The van der Waals surface area contributed by atoms with Gasteiger partial charge in [-0.3, -0.25) is 9.59 Å². The van der Waals surface area contributed by atoms with E-state index in [9.17, 15) is 14.0 Å². The zero-order chi connectivity index (χ0) is 18.8. The highest BCUT2D eigenvalue weighted by Gasteiger charge is 2.35. The molecule has 0 spiro atoms. The summed E-state index contributed by atoms with van der Waals surface area (Å²) < 4.78 is 18.4. The van der Waals surface area contributed by atoms with E-state index in [1.165, 1.54) is 18.4 Å². The first kappa shape index (κ1) is 18.1. The minimum Gasteiger partial charge on any atom is -0.459 e. The second-order valence-corrected chi connectivity index (χ2v) is 8.04. The molecule has 2 saturated heterocycles. The number of thioether (sulfide) groups is 1. The van der Waals surface area contributed by atoms with E-state index in [0.717, 1.165) is 18.4 Å². The van der Waals surface area contributed by atoms with E-state index < -0.39 is 0 Å². The second kappa shape index (κ2) is 7.76. The monoisotopic (exact) mass is 388 g/mol. The van der Waals surface area contributed by atoms with Crippen molar-refractivity contribution in [3.63, 3.8) is 0 Å². The number of amides is 2. The highest BCUT2D eigenvalue weighted by Crippen LogP contribution is 2.39. The molecule has 2 fully saturated rings. The second-order valence-electron chi connectivity index (χ2n) is 6.97. The van der Waals surface area contributed by atoms with Crippen molar-refractivity contribution in [1.82, 2.24) is 9.80 Å². The van der Waals surface area contributed by atoms with Crippen molar-refractivity contribution >= 4 is 23.6 Å². The summed E-state index contributed by atoms with van der Waals surface area (Å²) >= 11 is 1.59. The molecule has 7 heteroatoms. The quantitative estimate of drug-likeness (QED) is 0.804. The van der Waals surface area contributed by atoms with Gasteiger partial charge in [-0.1, -0.05) is 12.1 Å². The summed E-state index contributed by atoms with van der Waals surface area (Å²) in [6, 6.07) is 9.78. The Hall–Kier alpha value is -2.28. The molecule has 142 valence electrons. The van der Waals surface area contributed by atoms with Crippen LogP contribution in [0.4, 0.5) is 4.39 Å². The van der Waals surface area contributed by atoms with Crippen molar-refractivity contribution in [3.05, 3.63) is 59.8 Å². The van der Waals surface area contributed by atoms with Gasteiger partial charge in [0.25, 0.3) is 5.91 Å². The van der Waals surface area contributed by atoms with Crippen LogP contribution < -0.4 is 0 Å². The van der Waals surface area contributed by atoms with Crippen LogP contribution in [0.2, 0.25) is 0 Å². The van der Waals surface area contributed by atoms with E-state index in [1.807, 2.05) is 9.80 Å². The van der Waals surface area contributed by atoms with E-state index >= 15 is 0 Å². The van der Waals surface area contributed by atoms with Crippen LogP contribution in [0.1, 0.15) is 34.3 Å². The largest absolute Gasteiger partial charge is 0.459 e. The van der Waals surface area contributed by atoms with E-state index in [4.69, 9.17) is 4.42 Å². The van der Waals surface area contributed by atoms with Crippen LogP contribution >= 0.6 is 11.8 Å². The summed E-state index contributed by atoms with van der Waals surface area (Å²) in [4.78, 5) is 28.5. The van der Waals surface area contributed by atoms with Gasteiger partial charge in [-0.05, 0) is 48.6 Å². The zero-order valence-corrected chi connectivity index (χ0v) is 15.7. The minimum absolute atomic E-state index is 0.0547. The highest BCUT2D eigenvalue weighted by molar-refractivity contribution is 8.00. The first-order valence-corrected chi connectivity index (χ1v) is 10.2. The molecule has 1 aromatic heterocycles. The number of carbonyl (C=O) groups excluding carboxylic acids is 2. The Morgan fingerprint density at radius 2 is 1.93 bits per heavy atom. The van der Waals surface area contributed by atoms with Crippen molar-refractivity contribution < 1.29 is 18.4 Å². The average Bonchev–Trinajstić information content (AvgIpc) is 3.34. The molecule has 0 radical (unpaired) electrons. The number of benzene rings is 1. The maximum Gasteiger partial charge on any atom is 0.289 e. The third-order valence-electron chi connectivity index (χ3n) is 5.21. The smallest absolute Gasteiger partial charge is 0.289 e. The Kier molecular flexibility index (Phi) is 5.20. The lowest BCUT2D eigenvalue weighted by atomic mass is 9.95. The molecular weight excluding hydrogens is 367 g/mol. The number of piperidine rings is 1. The molecular formula is C20H21FN2O3S. The molecule has 0 saturated carbocycles. The van der Waals surface area contributed by atoms with Gasteiger partial charge in [0.1, 0.15) is 11.2 Å². The molecule has 1 aromatic carbocycles. The number of likely N-dealkylation sites (tertiary alicyclic amines) is 1. The number of furan rings is 1. The maximum atomic E-state index is 13.2. The van der Waals surface area contributed by atoms with E-state index in [2.05, 4.69) is 0 Å². The van der Waals surface area contributed by atoms with Gasteiger partial charge < -0.3 is 14.2 Å². The Morgan fingerprint density at radius 1 is 1.19 bits per heavy atom. The predicted octanol–water partition coefficient (Wildman–Crippen LogP) is 3.55. The summed E-state index contributed by atoms with van der Waals surface area (Å²) in [5.41, 5.74) is 0.956. The van der Waals surface area contributed by atoms with E-state index in [0.29, 0.717) is 37.1 Å². The molecule has 2 amide bonds. The predicted molar refractivity (Wildman–Crippen MR) is 101 cm³/mol. The third kappa shape index (κ3) is 3.88. The molecule has 0 aliphatic carbocycles. The molecule has 4 rings (SSSR count). The fourth-order valence-corrected chi connectivity index (χ4v) is 4.91. The number of rotatable bonds is 4. The van der Waals surface area contributed by atoms with Gasteiger partial charge in [-0.15, -0.1) is 11.8 Å². The third-order valence-corrected chi connectivity index (χ3v) is 6.47. The standard InChI is InChI=1S/C20H21FN2O3S/c21-16-5-3-15(4-6-16)20-23(18(24)13-27-20)12-14-7-9-22(10-8-14)19(25)17-2-1-11-26-17/h1-6,11,14,20H,7-10,12-13H2. The molecule has 5 nitrogen and oxygen atoms in total. The minimum atomic E-state index is -0.270. The topological polar surface area (TPSA) is 53.8 Å². The Balaban J connectivity index is 1.36. The molecule has 0 bridgehead atoms. The number of hydrogen-bond donors (Lipinski definition) is 0. The molecule has 1 atom stereocenters. The zero-order valence-electron chi connectivity index (χ0n) is 14.8. The van der Waals surface area contributed by atoms with Crippen molar-refractivity contribution in [1.29, 1.82) is 0 Å². The highest BCUT2D eigenvalue weighted by atomic mass is 32.2. The Morgan fingerprint density at radius 3 is 2.59 bits per heavy atom. The number of halogens is 1. The van der Waals surface area contributed by atoms with Crippen LogP contribution in [0.25, 0.3) is 0 Å². The summed E-state index contributed by atoms with van der Waals surface area (Å²) in [5.74, 6) is 0.969. The molecule has 2 aromatic rings. The van der Waals surface area contributed by atoms with Gasteiger partial charge in [0, 0.05) is 19.6 Å². The summed E-state index contributed by atoms with van der Waals surface area (Å²) in [6.45, 7) is 2.01. The van der Waals surface area contributed by atoms with Crippen LogP contribution in [0, 0.1) is 11.7 Å². The van der Waals surface area contributed by atoms with E-state index in [1.54, 1.807) is 36.0 Å². The molecule has 27 heavy (non-hydrogen) atoms. The first-order valence-electron chi connectivity index (χ1n) is 9.11. The lowest BCUT2D eigenvalue weighted by molar-refractivity contribution is -0.128. The first-order chi connectivity index (χ1) is 13.1. The fraction of sp³-hybridized carbons (Fsp3) is 0.400. The van der Waals surface area contributed by atoms with Crippen molar-refractivity contribution in [2.24, 2.45) is 5.92 Å². The molecule has 2 aliphatic heterocycles. The van der Waals surface area contributed by atoms with Crippen LogP contribution in [-0.2, 0) is 4.79 Å². The molecule has 1 unspecified atom stereocenters. The van der Waals surface area contributed by atoms with Gasteiger partial charge in [-0.25, -0.2) is 4.39 Å². The molecule has 2 aliphatic rings. The SMILES string of the molecule is O=C(c1ccco1)N1CCC(CN2C(=O)CSC2c2ccc(F)cc2)CC1. The molecule has 0 N–H and O–H groups in total. The van der Waals surface area contributed by atoms with Gasteiger partial charge in [-0.2, -0.15) is 0 Å². The lowest BCUT2D eigenvalue weighted by Crippen LogP contribution is -2.42. The number of nitrogens with zero attached hydrogens (tertiary/aromatic N) is 2. The Labute approximate surface area is 161 Å². The van der Waals surface area contributed by atoms with Gasteiger partial charge in [0.05, 0.1) is 12.0 Å². The fourth-order valence-electron chi connectivity index (χ4n) is 3.71.